The molecule has 0 spiro atoms. The van der Waals surface area contributed by atoms with Crippen molar-refractivity contribution in [1.29, 1.82) is 0 Å². The number of aryl methyl sites for hydroxylation is 1. The van der Waals surface area contributed by atoms with Crippen molar-refractivity contribution in [3.05, 3.63) is 113 Å². The molecule has 1 fully saturated rings. The second-order valence-electron chi connectivity index (χ2n) is 8.38. The lowest BCUT2D eigenvalue weighted by molar-refractivity contribution is 0.472. The summed E-state index contributed by atoms with van der Waals surface area (Å²) in [5.74, 6) is 0.200. The van der Waals surface area contributed by atoms with Crippen molar-refractivity contribution in [3.8, 4) is 5.75 Å². The molecule has 0 radical (unpaired) electrons. The zero-order valence-electron chi connectivity index (χ0n) is 18.6. The van der Waals surface area contributed by atoms with Gasteiger partial charge in [0.1, 0.15) is 5.75 Å². The van der Waals surface area contributed by atoms with E-state index in [1.165, 1.54) is 17.0 Å². The Morgan fingerprint density at radius 2 is 1.70 bits per heavy atom. The topological polar surface area (TPSA) is 53.3 Å². The second-order valence-corrected chi connectivity index (χ2v) is 8.77. The summed E-state index contributed by atoms with van der Waals surface area (Å²) in [5, 5.41) is 14.7. The Kier molecular flexibility index (Phi) is 5.60. The number of nitrogens with zero attached hydrogens (tertiary/aromatic N) is 3. The van der Waals surface area contributed by atoms with Gasteiger partial charge in [0, 0.05) is 24.1 Å². The summed E-state index contributed by atoms with van der Waals surface area (Å²) in [5.41, 5.74) is 6.37. The van der Waals surface area contributed by atoms with Crippen molar-refractivity contribution in [2.24, 2.45) is 0 Å². The van der Waals surface area contributed by atoms with Gasteiger partial charge in [-0.3, -0.25) is 4.98 Å². The summed E-state index contributed by atoms with van der Waals surface area (Å²) in [6, 6.07) is 25.7. The second kappa shape index (κ2) is 8.71. The van der Waals surface area contributed by atoms with E-state index in [4.69, 9.17) is 12.2 Å². The normalized spacial score (nSPS) is 17.9. The van der Waals surface area contributed by atoms with Gasteiger partial charge < -0.3 is 19.9 Å². The monoisotopic (exact) mass is 454 g/mol. The largest absolute Gasteiger partial charge is 0.506 e. The van der Waals surface area contributed by atoms with Crippen LogP contribution in [0, 0.1) is 13.8 Å². The van der Waals surface area contributed by atoms with Crippen molar-refractivity contribution < 1.29 is 5.11 Å². The van der Waals surface area contributed by atoms with Gasteiger partial charge in [0.25, 0.3) is 0 Å². The van der Waals surface area contributed by atoms with Gasteiger partial charge in [-0.15, -0.1) is 0 Å². The Bertz CT molecular complexity index is 1290. The third-order valence-electron chi connectivity index (χ3n) is 6.35. The molecule has 1 saturated heterocycles. The molecule has 1 aliphatic rings. The van der Waals surface area contributed by atoms with Gasteiger partial charge in [-0.25, -0.2) is 0 Å². The van der Waals surface area contributed by atoms with Crippen LogP contribution in [-0.2, 0) is 6.54 Å². The smallest absolute Gasteiger partial charge is 0.174 e. The van der Waals surface area contributed by atoms with Crippen molar-refractivity contribution in [1.82, 2.24) is 14.9 Å². The Hall–Kier alpha value is -3.64. The molecule has 2 aromatic carbocycles. The van der Waals surface area contributed by atoms with Crippen LogP contribution in [0.25, 0.3) is 0 Å². The number of phenolic OH excluding ortho intramolecular Hbond substituents is 1. The molecule has 6 heteroatoms. The lowest BCUT2D eigenvalue weighted by Gasteiger charge is -2.28. The van der Waals surface area contributed by atoms with Gasteiger partial charge in [-0.2, -0.15) is 0 Å². The van der Waals surface area contributed by atoms with Crippen molar-refractivity contribution in [3.63, 3.8) is 0 Å². The summed E-state index contributed by atoms with van der Waals surface area (Å²) < 4.78 is 2.34. The number of hydrogen-bond acceptors (Lipinski definition) is 3. The van der Waals surface area contributed by atoms with Gasteiger partial charge in [-0.1, -0.05) is 48.5 Å². The first-order valence-corrected chi connectivity index (χ1v) is 11.4. The number of phenols is 1. The molecule has 2 N–H and O–H groups in total. The highest BCUT2D eigenvalue weighted by atomic mass is 32.1. The number of thiocarbonyl (C=S) groups is 1. The van der Waals surface area contributed by atoms with E-state index in [0.29, 0.717) is 10.8 Å². The van der Waals surface area contributed by atoms with Crippen molar-refractivity contribution in [2.75, 3.05) is 4.90 Å². The van der Waals surface area contributed by atoms with E-state index in [1.807, 2.05) is 47.4 Å². The van der Waals surface area contributed by atoms with Crippen LogP contribution in [0.4, 0.5) is 5.69 Å². The molecule has 3 heterocycles. The number of aromatic hydroxyl groups is 1. The van der Waals surface area contributed by atoms with E-state index in [-0.39, 0.29) is 17.8 Å². The van der Waals surface area contributed by atoms with Gasteiger partial charge in [0.05, 0.1) is 23.5 Å². The summed E-state index contributed by atoms with van der Waals surface area (Å²) in [4.78, 5) is 6.66. The van der Waals surface area contributed by atoms with Gasteiger partial charge in [0.2, 0.25) is 0 Å². The number of pyridine rings is 1. The number of hydrogen-bond donors (Lipinski definition) is 2. The number of rotatable bonds is 5. The fourth-order valence-corrected chi connectivity index (χ4v) is 5.07. The Morgan fingerprint density at radius 3 is 2.42 bits per heavy atom. The maximum absolute atomic E-state index is 10.7. The zero-order valence-corrected chi connectivity index (χ0v) is 19.5. The van der Waals surface area contributed by atoms with Crippen LogP contribution in [0.1, 0.15) is 40.3 Å². The summed E-state index contributed by atoms with van der Waals surface area (Å²) >= 11 is 5.79. The summed E-state index contributed by atoms with van der Waals surface area (Å²) in [6.07, 6.45) is 1.80. The number of benzene rings is 2. The third-order valence-corrected chi connectivity index (χ3v) is 6.67. The molecule has 0 bridgehead atoms. The molecule has 2 aromatic heterocycles. The predicted molar refractivity (Wildman–Crippen MR) is 135 cm³/mol. The van der Waals surface area contributed by atoms with E-state index in [1.54, 1.807) is 12.3 Å². The lowest BCUT2D eigenvalue weighted by Crippen LogP contribution is -2.29. The SMILES string of the molecule is Cc1cc([C@@H]2[C@H](c3ccccn3)NC(=S)N2c2ccccc2O)c(C)n1Cc1ccccc1. The fraction of sp³-hybridized carbons (Fsp3) is 0.185. The number of para-hydroxylation sites is 2. The molecule has 0 unspecified atom stereocenters. The Balaban J connectivity index is 1.64. The van der Waals surface area contributed by atoms with Gasteiger partial charge >= 0.3 is 0 Å². The van der Waals surface area contributed by atoms with E-state index in [9.17, 15) is 5.11 Å². The molecular weight excluding hydrogens is 428 g/mol. The zero-order chi connectivity index (χ0) is 22.9. The molecule has 0 saturated carbocycles. The van der Waals surface area contributed by atoms with Crippen LogP contribution >= 0.6 is 12.2 Å². The average molecular weight is 455 g/mol. The minimum atomic E-state index is -0.156. The summed E-state index contributed by atoms with van der Waals surface area (Å²) in [7, 11) is 0. The van der Waals surface area contributed by atoms with Crippen LogP contribution in [0.15, 0.2) is 85.1 Å². The van der Waals surface area contributed by atoms with Crippen molar-refractivity contribution in [2.45, 2.75) is 32.5 Å². The standard InChI is InChI=1S/C27H26N4OS/c1-18-16-21(19(2)30(18)17-20-10-4-3-5-11-20)26-25(22-12-8-9-15-28-22)29-27(33)31(26)23-13-6-7-14-24(23)32/h3-16,25-26,32H,17H2,1-2H3,(H,29,33)/t25-,26+/m0/s1. The Labute approximate surface area is 199 Å². The molecule has 166 valence electrons. The van der Waals surface area contributed by atoms with Gasteiger partial charge in [-0.05, 0) is 67.5 Å². The predicted octanol–water partition coefficient (Wildman–Crippen LogP) is 5.43. The van der Waals surface area contributed by atoms with E-state index >= 15 is 0 Å². The molecular formula is C27H26N4OS. The van der Waals surface area contributed by atoms with Crippen molar-refractivity contribution >= 4 is 23.0 Å². The molecule has 0 amide bonds. The molecule has 5 nitrogen and oxygen atoms in total. The highest BCUT2D eigenvalue weighted by molar-refractivity contribution is 7.80. The Morgan fingerprint density at radius 1 is 0.970 bits per heavy atom. The van der Waals surface area contributed by atoms with Crippen LogP contribution in [-0.4, -0.2) is 19.8 Å². The molecule has 4 aromatic rings. The minimum absolute atomic E-state index is 0.149. The maximum Gasteiger partial charge on any atom is 0.174 e. The molecule has 1 aliphatic heterocycles. The van der Waals surface area contributed by atoms with Crippen LogP contribution in [0.3, 0.4) is 0 Å². The minimum Gasteiger partial charge on any atom is -0.506 e. The highest BCUT2D eigenvalue weighted by Gasteiger charge is 2.42. The third kappa shape index (κ3) is 3.87. The number of aromatic nitrogens is 2. The van der Waals surface area contributed by atoms with E-state index < -0.39 is 0 Å². The quantitative estimate of drug-likeness (QED) is 0.394. The van der Waals surface area contributed by atoms with Crippen LogP contribution < -0.4 is 10.2 Å². The van der Waals surface area contributed by atoms with Crippen LogP contribution in [0.5, 0.6) is 5.75 Å². The number of nitrogens with one attached hydrogen (secondary N) is 1. The lowest BCUT2D eigenvalue weighted by atomic mass is 9.96. The molecule has 2 atom stereocenters. The highest BCUT2D eigenvalue weighted by Crippen LogP contribution is 2.45. The first-order valence-electron chi connectivity index (χ1n) is 11.0. The number of anilines is 1. The molecule has 5 rings (SSSR count). The van der Waals surface area contributed by atoms with E-state index in [2.05, 4.69) is 59.0 Å². The first kappa shape index (κ1) is 21.2. The fourth-order valence-electron chi connectivity index (χ4n) is 4.73. The van der Waals surface area contributed by atoms with E-state index in [0.717, 1.165) is 17.8 Å². The van der Waals surface area contributed by atoms with Gasteiger partial charge in [0.15, 0.2) is 5.11 Å². The maximum atomic E-state index is 10.7. The summed E-state index contributed by atoms with van der Waals surface area (Å²) in [6.45, 7) is 5.10. The first-order chi connectivity index (χ1) is 16.0. The molecule has 0 aliphatic carbocycles. The average Bonchev–Trinajstić information content (AvgIpc) is 3.31. The molecule has 33 heavy (non-hydrogen) atoms. The van der Waals surface area contributed by atoms with Crippen LogP contribution in [0.2, 0.25) is 0 Å².